The fourth-order valence-corrected chi connectivity index (χ4v) is 4.89. The Morgan fingerprint density at radius 3 is 2.75 bits per heavy atom. The highest BCUT2D eigenvalue weighted by molar-refractivity contribution is 7.91. The summed E-state index contributed by atoms with van der Waals surface area (Å²) in [6, 6.07) is 7.71. The van der Waals surface area contributed by atoms with Crippen LogP contribution < -0.4 is 4.90 Å². The third-order valence-electron chi connectivity index (χ3n) is 4.04. The molecule has 1 aromatic carbocycles. The Hall–Kier alpha value is -1.22. The number of nitrogens with one attached hydrogen (secondary N) is 1. The fourth-order valence-electron chi connectivity index (χ4n) is 2.84. The van der Waals surface area contributed by atoms with Gasteiger partial charge in [0.15, 0.2) is 16.5 Å². The predicted molar refractivity (Wildman–Crippen MR) is 93.4 cm³/mol. The van der Waals surface area contributed by atoms with Crippen LogP contribution in [-0.2, 0) is 23.1 Å². The molecule has 1 aliphatic heterocycles. The second-order valence-electron chi connectivity index (χ2n) is 6.22. The maximum Gasteiger partial charge on any atom is 0.291 e. The average molecular weight is 389 g/mol. The second kappa shape index (κ2) is 6.95. The van der Waals surface area contributed by atoms with Crippen molar-refractivity contribution in [1.82, 2.24) is 9.78 Å². The van der Waals surface area contributed by atoms with Gasteiger partial charge in [0.1, 0.15) is 6.54 Å². The lowest BCUT2D eigenvalue weighted by molar-refractivity contribution is -0.917. The highest BCUT2D eigenvalue weighted by Gasteiger charge is 2.32. The Morgan fingerprint density at radius 2 is 2.12 bits per heavy atom. The van der Waals surface area contributed by atoms with Crippen molar-refractivity contribution in [1.29, 1.82) is 0 Å². The van der Waals surface area contributed by atoms with Gasteiger partial charge >= 0.3 is 0 Å². The molecule has 0 radical (unpaired) electrons. The Balaban J connectivity index is 1.67. The van der Waals surface area contributed by atoms with Crippen LogP contribution in [0.15, 0.2) is 28.7 Å². The zero-order chi connectivity index (χ0) is 17.3. The minimum Gasteiger partial charge on any atom is -0.413 e. The van der Waals surface area contributed by atoms with Crippen molar-refractivity contribution in [2.75, 3.05) is 18.6 Å². The van der Waals surface area contributed by atoms with Gasteiger partial charge in [-0.1, -0.05) is 23.7 Å². The van der Waals surface area contributed by atoms with Crippen molar-refractivity contribution < 1.29 is 17.7 Å². The molecule has 1 unspecified atom stereocenters. The van der Waals surface area contributed by atoms with E-state index < -0.39 is 9.84 Å². The number of hydrogen-bond donors (Lipinski definition) is 1. The smallest absolute Gasteiger partial charge is 0.291 e. The number of rotatable bonds is 5. The molecule has 1 aromatic heterocycles. The first-order valence-electron chi connectivity index (χ1n) is 7.66. The summed E-state index contributed by atoms with van der Waals surface area (Å²) in [6.45, 7) is 1.34. The summed E-state index contributed by atoms with van der Waals surface area (Å²) in [6.07, 6.45) is 0.547. The lowest BCUT2D eigenvalue weighted by Gasteiger charge is -2.13. The van der Waals surface area contributed by atoms with Crippen LogP contribution in [-0.4, -0.2) is 36.8 Å². The van der Waals surface area contributed by atoms with Crippen LogP contribution in [0.3, 0.4) is 0 Å². The van der Waals surface area contributed by atoms with Crippen LogP contribution in [0.1, 0.15) is 23.8 Å². The van der Waals surface area contributed by atoms with E-state index in [1.165, 1.54) is 4.90 Å². The minimum absolute atomic E-state index is 0.0930. The molecular weight excluding hydrogens is 370 g/mol. The summed E-state index contributed by atoms with van der Waals surface area (Å²) in [5.74, 6) is 0.527. The molecular formula is C15H19ClN3O3S2+. The average Bonchev–Trinajstić information content (AvgIpc) is 3.04. The summed E-state index contributed by atoms with van der Waals surface area (Å²) in [5.41, 5.74) is 1.16. The van der Waals surface area contributed by atoms with Crippen LogP contribution in [0.25, 0.3) is 0 Å². The molecule has 130 valence electrons. The number of benzene rings is 1. The zero-order valence-electron chi connectivity index (χ0n) is 13.2. The van der Waals surface area contributed by atoms with Gasteiger partial charge in [-0.2, -0.15) is 4.68 Å². The molecule has 9 heteroatoms. The van der Waals surface area contributed by atoms with E-state index >= 15 is 0 Å². The van der Waals surface area contributed by atoms with E-state index in [9.17, 15) is 8.42 Å². The molecule has 0 bridgehead atoms. The lowest BCUT2D eigenvalue weighted by atomic mass is 10.1. The number of aromatic nitrogens is 2. The lowest BCUT2D eigenvalue weighted by Crippen LogP contribution is -3.07. The first kappa shape index (κ1) is 17.6. The van der Waals surface area contributed by atoms with Gasteiger partial charge in [-0.15, -0.1) is 5.10 Å². The Bertz CT molecular complexity index is 874. The molecule has 1 saturated heterocycles. The van der Waals surface area contributed by atoms with E-state index in [1.54, 1.807) is 4.68 Å². The predicted octanol–water partition coefficient (Wildman–Crippen LogP) is 1.43. The zero-order valence-corrected chi connectivity index (χ0v) is 15.6. The Morgan fingerprint density at radius 1 is 1.42 bits per heavy atom. The molecule has 0 saturated carbocycles. The standard InChI is InChI=1S/C15H18ClN3O3S2/c1-18(8-11-2-4-13(16)5-3-11)10-19-15(23)22-14(17-19)12-6-7-24(20,21)9-12/h2-5,12H,6-10H2,1H3/p+1/t12-/m0/s1. The first-order valence-corrected chi connectivity index (χ1v) is 10.3. The van der Waals surface area contributed by atoms with E-state index in [-0.39, 0.29) is 22.3 Å². The molecule has 1 fully saturated rings. The largest absolute Gasteiger partial charge is 0.413 e. The molecule has 2 atom stereocenters. The molecule has 0 aliphatic carbocycles. The molecule has 24 heavy (non-hydrogen) atoms. The second-order valence-corrected chi connectivity index (χ2v) is 9.24. The number of halogens is 1. The van der Waals surface area contributed by atoms with Gasteiger partial charge < -0.3 is 9.32 Å². The Labute approximate surface area is 150 Å². The molecule has 0 amide bonds. The van der Waals surface area contributed by atoms with Gasteiger partial charge in [0.2, 0.25) is 5.89 Å². The number of hydrogen-bond acceptors (Lipinski definition) is 5. The SMILES string of the molecule is C[NH+](Cc1ccc(Cl)cc1)Cn1nc([C@H]2CCS(=O)(=O)C2)oc1=S. The molecule has 2 heterocycles. The number of nitrogens with zero attached hydrogens (tertiary/aromatic N) is 2. The molecule has 2 aromatic rings. The van der Waals surface area contributed by atoms with Gasteiger partial charge in [0.25, 0.3) is 4.84 Å². The van der Waals surface area contributed by atoms with Crippen LogP contribution >= 0.6 is 23.8 Å². The molecule has 0 spiro atoms. The third-order valence-corrected chi connectivity index (χ3v) is 6.36. The van der Waals surface area contributed by atoms with E-state index in [4.69, 9.17) is 28.2 Å². The molecule has 1 N–H and O–H groups in total. The highest BCUT2D eigenvalue weighted by atomic mass is 35.5. The molecule has 6 nitrogen and oxygen atoms in total. The first-order chi connectivity index (χ1) is 11.3. The van der Waals surface area contributed by atoms with Crippen molar-refractivity contribution in [3.8, 4) is 0 Å². The van der Waals surface area contributed by atoms with Crippen molar-refractivity contribution in [3.63, 3.8) is 0 Å². The van der Waals surface area contributed by atoms with Gasteiger partial charge in [-0.05, 0) is 30.8 Å². The quantitative estimate of drug-likeness (QED) is 0.785. The van der Waals surface area contributed by atoms with Crippen molar-refractivity contribution in [2.24, 2.45) is 0 Å². The summed E-state index contributed by atoms with van der Waals surface area (Å²) in [5, 5.41) is 5.11. The van der Waals surface area contributed by atoms with Crippen LogP contribution in [0, 0.1) is 4.84 Å². The molecule has 1 aliphatic rings. The van der Waals surface area contributed by atoms with E-state index in [1.807, 2.05) is 31.3 Å². The number of sulfone groups is 1. The molecule has 3 rings (SSSR count). The topological polar surface area (TPSA) is 69.5 Å². The van der Waals surface area contributed by atoms with E-state index in [0.717, 1.165) is 12.1 Å². The van der Waals surface area contributed by atoms with E-state index in [2.05, 4.69) is 5.10 Å². The Kier molecular flexibility index (Phi) is 5.10. The normalized spacial score (nSPS) is 21.0. The maximum atomic E-state index is 11.6. The number of quaternary nitrogens is 1. The van der Waals surface area contributed by atoms with Crippen molar-refractivity contribution >= 4 is 33.7 Å². The summed E-state index contributed by atoms with van der Waals surface area (Å²) >= 11 is 11.1. The summed E-state index contributed by atoms with van der Waals surface area (Å²) in [7, 11) is -0.941. The maximum absolute atomic E-state index is 11.6. The van der Waals surface area contributed by atoms with Crippen molar-refractivity contribution in [2.45, 2.75) is 25.6 Å². The van der Waals surface area contributed by atoms with Crippen LogP contribution in [0.4, 0.5) is 0 Å². The minimum atomic E-state index is -2.97. The van der Waals surface area contributed by atoms with Crippen LogP contribution in [0.5, 0.6) is 0 Å². The van der Waals surface area contributed by atoms with Crippen LogP contribution in [0.2, 0.25) is 5.02 Å². The highest BCUT2D eigenvalue weighted by Crippen LogP contribution is 2.27. The van der Waals surface area contributed by atoms with E-state index in [0.29, 0.717) is 24.0 Å². The van der Waals surface area contributed by atoms with Gasteiger partial charge in [-0.25, -0.2) is 8.42 Å². The van der Waals surface area contributed by atoms with Gasteiger partial charge in [-0.3, -0.25) is 0 Å². The summed E-state index contributed by atoms with van der Waals surface area (Å²) in [4.78, 5) is 1.46. The monoisotopic (exact) mass is 388 g/mol. The summed E-state index contributed by atoms with van der Waals surface area (Å²) < 4.78 is 30.3. The third kappa shape index (κ3) is 4.24. The van der Waals surface area contributed by atoms with Gasteiger partial charge in [0, 0.05) is 10.6 Å². The fraction of sp³-hybridized carbons (Fsp3) is 0.467. The van der Waals surface area contributed by atoms with Gasteiger partial charge in [0.05, 0.1) is 24.5 Å². The van der Waals surface area contributed by atoms with Crippen molar-refractivity contribution in [3.05, 3.63) is 45.6 Å².